The summed E-state index contributed by atoms with van der Waals surface area (Å²) in [5, 5.41) is 0. The number of nitrogens with zero attached hydrogens (tertiary/aromatic N) is 2. The molecule has 1 saturated heterocycles. The maximum atomic E-state index is 12.8. The van der Waals surface area contributed by atoms with Gasteiger partial charge in [0.2, 0.25) is 10.0 Å². The Bertz CT molecular complexity index is 877. The fourth-order valence-electron chi connectivity index (χ4n) is 3.35. The van der Waals surface area contributed by atoms with Crippen LogP contribution in [0.25, 0.3) is 0 Å². The first-order chi connectivity index (χ1) is 12.9. The van der Waals surface area contributed by atoms with Crippen molar-refractivity contribution in [1.82, 2.24) is 9.71 Å². The number of benzene rings is 1. The van der Waals surface area contributed by atoms with Crippen molar-refractivity contribution in [3.63, 3.8) is 0 Å². The van der Waals surface area contributed by atoms with Crippen molar-refractivity contribution >= 4 is 15.8 Å². The summed E-state index contributed by atoms with van der Waals surface area (Å²) >= 11 is 0. The molecule has 1 aromatic heterocycles. The molecule has 0 aliphatic carbocycles. The standard InChI is InChI=1S/C20H27N3O3S/c1-15-12-18(26-3)19(13-16(15)2)27(24,25)22-14-17-7-10-23(11-8-17)20-6-4-5-9-21-20/h4-6,9,12-13,17,22H,7-8,10-11,14H2,1-3H3. The molecule has 0 bridgehead atoms. The fourth-order valence-corrected chi connectivity index (χ4v) is 4.69. The number of sulfonamides is 1. The van der Waals surface area contributed by atoms with Gasteiger partial charge in [-0.15, -0.1) is 0 Å². The number of hydrogen-bond donors (Lipinski definition) is 1. The minimum absolute atomic E-state index is 0.207. The van der Waals surface area contributed by atoms with Gasteiger partial charge in [0.15, 0.2) is 0 Å². The average Bonchev–Trinajstić information content (AvgIpc) is 2.69. The zero-order chi connectivity index (χ0) is 19.4. The Balaban J connectivity index is 1.61. The molecule has 7 heteroatoms. The van der Waals surface area contributed by atoms with Crippen LogP contribution in [0.1, 0.15) is 24.0 Å². The van der Waals surface area contributed by atoms with Crippen molar-refractivity contribution in [2.75, 3.05) is 31.6 Å². The number of piperidine rings is 1. The van der Waals surface area contributed by atoms with Crippen molar-refractivity contribution in [2.45, 2.75) is 31.6 Å². The van der Waals surface area contributed by atoms with E-state index in [1.165, 1.54) is 7.11 Å². The maximum absolute atomic E-state index is 12.8. The lowest BCUT2D eigenvalue weighted by molar-refractivity contribution is 0.394. The zero-order valence-electron chi connectivity index (χ0n) is 16.1. The van der Waals surface area contributed by atoms with E-state index >= 15 is 0 Å². The monoisotopic (exact) mass is 389 g/mol. The number of rotatable bonds is 6. The second-order valence-corrected chi connectivity index (χ2v) is 8.79. The van der Waals surface area contributed by atoms with Gasteiger partial charge < -0.3 is 9.64 Å². The van der Waals surface area contributed by atoms with Crippen molar-refractivity contribution in [3.8, 4) is 5.75 Å². The molecular weight excluding hydrogens is 362 g/mol. The van der Waals surface area contributed by atoms with Gasteiger partial charge in [0.05, 0.1) is 7.11 Å². The smallest absolute Gasteiger partial charge is 0.244 e. The second kappa shape index (κ2) is 8.27. The number of aromatic nitrogens is 1. The lowest BCUT2D eigenvalue weighted by Crippen LogP contribution is -2.39. The molecule has 1 fully saturated rings. The Hall–Kier alpha value is -2.12. The molecule has 2 heterocycles. The predicted octanol–water partition coefficient (Wildman–Crippen LogP) is 2.90. The van der Waals surface area contributed by atoms with Crippen LogP contribution in [0.15, 0.2) is 41.4 Å². The molecule has 27 heavy (non-hydrogen) atoms. The van der Waals surface area contributed by atoms with Crippen LogP contribution in [-0.4, -0.2) is 40.1 Å². The van der Waals surface area contributed by atoms with Crippen LogP contribution in [-0.2, 0) is 10.0 Å². The van der Waals surface area contributed by atoms with Crippen LogP contribution < -0.4 is 14.4 Å². The highest BCUT2D eigenvalue weighted by Crippen LogP contribution is 2.28. The molecule has 146 valence electrons. The molecule has 2 aromatic rings. The van der Waals surface area contributed by atoms with E-state index in [2.05, 4.69) is 14.6 Å². The van der Waals surface area contributed by atoms with Gasteiger partial charge in [-0.2, -0.15) is 0 Å². The largest absolute Gasteiger partial charge is 0.495 e. The van der Waals surface area contributed by atoms with Crippen molar-refractivity contribution in [2.24, 2.45) is 5.92 Å². The molecular formula is C20H27N3O3S. The lowest BCUT2D eigenvalue weighted by Gasteiger charge is -2.32. The number of methoxy groups -OCH3 is 1. The van der Waals surface area contributed by atoms with E-state index in [4.69, 9.17) is 4.74 Å². The average molecular weight is 390 g/mol. The van der Waals surface area contributed by atoms with E-state index in [1.54, 1.807) is 18.3 Å². The van der Waals surface area contributed by atoms with Gasteiger partial charge in [0.1, 0.15) is 16.5 Å². The van der Waals surface area contributed by atoms with Crippen LogP contribution in [0.4, 0.5) is 5.82 Å². The highest BCUT2D eigenvalue weighted by atomic mass is 32.2. The van der Waals surface area contributed by atoms with Gasteiger partial charge in [0.25, 0.3) is 0 Å². The molecule has 0 spiro atoms. The van der Waals surface area contributed by atoms with Gasteiger partial charge in [-0.05, 0) is 68.0 Å². The number of ether oxygens (including phenoxy) is 1. The molecule has 1 aliphatic heterocycles. The molecule has 1 aromatic carbocycles. The fraction of sp³-hybridized carbons (Fsp3) is 0.450. The minimum atomic E-state index is -3.61. The first kappa shape index (κ1) is 19.6. The Labute approximate surface area is 161 Å². The Morgan fingerprint density at radius 2 is 1.89 bits per heavy atom. The van der Waals surface area contributed by atoms with Crippen molar-refractivity contribution in [3.05, 3.63) is 47.7 Å². The number of pyridine rings is 1. The van der Waals surface area contributed by atoms with Gasteiger partial charge in [-0.3, -0.25) is 0 Å². The number of hydrogen-bond acceptors (Lipinski definition) is 5. The van der Waals surface area contributed by atoms with E-state index in [9.17, 15) is 8.42 Å². The van der Waals surface area contributed by atoms with E-state index in [-0.39, 0.29) is 4.90 Å². The van der Waals surface area contributed by atoms with E-state index in [0.29, 0.717) is 18.2 Å². The number of anilines is 1. The third kappa shape index (κ3) is 4.59. The summed E-state index contributed by atoms with van der Waals surface area (Å²) in [5.74, 6) is 1.68. The highest BCUT2D eigenvalue weighted by Gasteiger charge is 2.24. The summed E-state index contributed by atoms with van der Waals surface area (Å²) in [6.07, 6.45) is 3.67. The van der Waals surface area contributed by atoms with Gasteiger partial charge in [0, 0.05) is 25.8 Å². The molecule has 1 aliphatic rings. The third-order valence-corrected chi connectivity index (χ3v) is 6.66. The topological polar surface area (TPSA) is 71.5 Å². The zero-order valence-corrected chi connectivity index (χ0v) is 16.9. The molecule has 0 saturated carbocycles. The Morgan fingerprint density at radius 1 is 1.19 bits per heavy atom. The second-order valence-electron chi connectivity index (χ2n) is 7.06. The van der Waals surface area contributed by atoms with Crippen molar-refractivity contribution < 1.29 is 13.2 Å². The summed E-state index contributed by atoms with van der Waals surface area (Å²) in [7, 11) is -2.11. The summed E-state index contributed by atoms with van der Waals surface area (Å²) in [5.41, 5.74) is 1.94. The normalized spacial score (nSPS) is 15.7. The number of aryl methyl sites for hydroxylation is 2. The molecule has 6 nitrogen and oxygen atoms in total. The Morgan fingerprint density at radius 3 is 2.52 bits per heavy atom. The van der Waals surface area contributed by atoms with Gasteiger partial charge >= 0.3 is 0 Å². The summed E-state index contributed by atoms with van der Waals surface area (Å²) in [6.45, 7) is 6.05. The number of nitrogens with one attached hydrogen (secondary N) is 1. The van der Waals surface area contributed by atoms with E-state index in [1.807, 2.05) is 32.0 Å². The van der Waals surface area contributed by atoms with Crippen LogP contribution in [0.3, 0.4) is 0 Å². The molecule has 0 unspecified atom stereocenters. The SMILES string of the molecule is COc1cc(C)c(C)cc1S(=O)(=O)NCC1CCN(c2ccccn2)CC1. The summed E-state index contributed by atoms with van der Waals surface area (Å²) in [6, 6.07) is 9.36. The molecule has 0 atom stereocenters. The van der Waals surface area contributed by atoms with Gasteiger partial charge in [-0.25, -0.2) is 18.1 Å². The quantitative estimate of drug-likeness (QED) is 0.822. The Kier molecular flexibility index (Phi) is 6.01. The molecule has 1 N–H and O–H groups in total. The van der Waals surface area contributed by atoms with Crippen LogP contribution in [0.2, 0.25) is 0 Å². The van der Waals surface area contributed by atoms with E-state index in [0.717, 1.165) is 42.9 Å². The maximum Gasteiger partial charge on any atom is 0.244 e. The summed E-state index contributed by atoms with van der Waals surface area (Å²) < 4.78 is 33.7. The molecule has 3 rings (SSSR count). The minimum Gasteiger partial charge on any atom is -0.495 e. The molecule has 0 amide bonds. The lowest BCUT2D eigenvalue weighted by atomic mass is 9.97. The first-order valence-electron chi connectivity index (χ1n) is 9.21. The van der Waals surface area contributed by atoms with E-state index < -0.39 is 10.0 Å². The molecule has 0 radical (unpaired) electrons. The van der Waals surface area contributed by atoms with Crippen molar-refractivity contribution in [1.29, 1.82) is 0 Å². The van der Waals surface area contributed by atoms with Crippen LogP contribution in [0.5, 0.6) is 5.75 Å². The predicted molar refractivity (Wildman–Crippen MR) is 107 cm³/mol. The van der Waals surface area contributed by atoms with Crippen LogP contribution >= 0.6 is 0 Å². The highest BCUT2D eigenvalue weighted by molar-refractivity contribution is 7.89. The van der Waals surface area contributed by atoms with Gasteiger partial charge in [-0.1, -0.05) is 6.07 Å². The summed E-state index contributed by atoms with van der Waals surface area (Å²) in [4.78, 5) is 6.84. The third-order valence-electron chi connectivity index (χ3n) is 5.22. The van der Waals surface area contributed by atoms with Crippen LogP contribution in [0, 0.1) is 19.8 Å². The first-order valence-corrected chi connectivity index (χ1v) is 10.7.